The van der Waals surface area contributed by atoms with Gasteiger partial charge in [0, 0.05) is 36.3 Å². The van der Waals surface area contributed by atoms with E-state index in [1.807, 2.05) is 29.9 Å². The number of anilines is 1. The summed E-state index contributed by atoms with van der Waals surface area (Å²) in [6.45, 7) is 0. The van der Waals surface area contributed by atoms with Crippen LogP contribution in [0.1, 0.15) is 5.56 Å². The first-order valence-corrected chi connectivity index (χ1v) is 5.91. The highest BCUT2D eigenvalue weighted by Gasteiger charge is 2.09. The maximum absolute atomic E-state index is 5.89. The summed E-state index contributed by atoms with van der Waals surface area (Å²) in [6, 6.07) is 5.44. The molecule has 1 aromatic heterocycles. The standard InChI is InChI=1S/C12H14N6S/c1-18-5-4-16-11(18)7-2-3-9(13)8(6-7)10(14)17-12(15)19/h2-6H,13H2,1H3,(H4,14,15,17,19). The minimum absolute atomic E-state index is 0.0284. The number of nitrogens with two attached hydrogens (primary N) is 3. The Bertz CT molecular complexity index is 658. The maximum Gasteiger partial charge on any atom is 0.192 e. The van der Waals surface area contributed by atoms with Crippen LogP contribution in [0.5, 0.6) is 0 Å². The van der Waals surface area contributed by atoms with E-state index in [1.165, 1.54) is 0 Å². The Morgan fingerprint density at radius 2 is 2.11 bits per heavy atom. The molecule has 0 fully saturated rings. The van der Waals surface area contributed by atoms with Crippen molar-refractivity contribution in [3.05, 3.63) is 36.2 Å². The van der Waals surface area contributed by atoms with Crippen molar-refractivity contribution in [1.29, 1.82) is 0 Å². The number of nitrogens with zero attached hydrogens (tertiary/aromatic N) is 3. The number of rotatable bonds is 2. The summed E-state index contributed by atoms with van der Waals surface area (Å²) in [7, 11) is 1.91. The van der Waals surface area contributed by atoms with E-state index in [0.29, 0.717) is 11.3 Å². The van der Waals surface area contributed by atoms with E-state index < -0.39 is 0 Å². The quantitative estimate of drug-likeness (QED) is 0.322. The molecule has 0 amide bonds. The summed E-state index contributed by atoms with van der Waals surface area (Å²) >= 11 is 4.70. The van der Waals surface area contributed by atoms with Gasteiger partial charge in [-0.25, -0.2) is 9.98 Å². The van der Waals surface area contributed by atoms with Crippen molar-refractivity contribution >= 4 is 28.9 Å². The largest absolute Gasteiger partial charge is 0.398 e. The molecular formula is C12H14N6S. The van der Waals surface area contributed by atoms with E-state index >= 15 is 0 Å². The van der Waals surface area contributed by atoms with Gasteiger partial charge in [-0.1, -0.05) is 0 Å². The molecule has 1 heterocycles. The molecule has 6 N–H and O–H groups in total. The van der Waals surface area contributed by atoms with Crippen molar-refractivity contribution in [1.82, 2.24) is 9.55 Å². The first-order valence-electron chi connectivity index (χ1n) is 5.50. The molecule has 0 aliphatic carbocycles. The molecule has 2 aromatic rings. The second kappa shape index (κ2) is 5.07. The highest BCUT2D eigenvalue weighted by molar-refractivity contribution is 7.80. The predicted molar refractivity (Wildman–Crippen MR) is 80.6 cm³/mol. The van der Waals surface area contributed by atoms with Gasteiger partial charge >= 0.3 is 0 Å². The van der Waals surface area contributed by atoms with Crippen LogP contribution in [0.4, 0.5) is 5.69 Å². The monoisotopic (exact) mass is 274 g/mol. The molecular weight excluding hydrogens is 260 g/mol. The smallest absolute Gasteiger partial charge is 0.192 e. The van der Waals surface area contributed by atoms with Crippen LogP contribution in [0.25, 0.3) is 11.4 Å². The zero-order valence-corrected chi connectivity index (χ0v) is 11.2. The second-order valence-corrected chi connectivity index (χ2v) is 4.42. The average Bonchev–Trinajstić information content (AvgIpc) is 2.75. The lowest BCUT2D eigenvalue weighted by Gasteiger charge is -2.08. The fraction of sp³-hybridized carbons (Fsp3) is 0.0833. The average molecular weight is 274 g/mol. The predicted octanol–water partition coefficient (Wildman–Crippen LogP) is 0.618. The number of nitrogen functional groups attached to an aromatic ring is 1. The minimum Gasteiger partial charge on any atom is -0.398 e. The number of hydrogen-bond acceptors (Lipinski definition) is 3. The number of benzene rings is 1. The molecule has 2 rings (SSSR count). The molecule has 7 heteroatoms. The molecule has 0 unspecified atom stereocenters. The molecule has 0 radical (unpaired) electrons. The number of hydrogen-bond donors (Lipinski definition) is 3. The summed E-state index contributed by atoms with van der Waals surface area (Å²) in [4.78, 5) is 8.12. The second-order valence-electron chi connectivity index (χ2n) is 4.00. The maximum atomic E-state index is 5.89. The molecule has 1 aromatic carbocycles. The summed E-state index contributed by atoms with van der Waals surface area (Å²) in [5.74, 6) is 1.01. The SMILES string of the molecule is Cn1ccnc1-c1ccc(N)c(C(N)=NC(N)=S)c1. The zero-order chi connectivity index (χ0) is 14.0. The first kappa shape index (κ1) is 13.0. The lowest BCUT2D eigenvalue weighted by Crippen LogP contribution is -2.19. The van der Waals surface area contributed by atoms with Crippen molar-refractivity contribution in [2.24, 2.45) is 23.5 Å². The Morgan fingerprint density at radius 1 is 1.37 bits per heavy atom. The van der Waals surface area contributed by atoms with E-state index in [1.54, 1.807) is 12.3 Å². The molecule has 0 bridgehead atoms. The lowest BCUT2D eigenvalue weighted by atomic mass is 10.1. The van der Waals surface area contributed by atoms with Gasteiger partial charge in [0.25, 0.3) is 0 Å². The molecule has 19 heavy (non-hydrogen) atoms. The summed E-state index contributed by atoms with van der Waals surface area (Å²) < 4.78 is 1.90. The van der Waals surface area contributed by atoms with Gasteiger partial charge in [0.1, 0.15) is 11.7 Å². The Hall–Kier alpha value is -2.41. The molecule has 0 aliphatic heterocycles. The number of aromatic nitrogens is 2. The summed E-state index contributed by atoms with van der Waals surface area (Å²) in [5.41, 5.74) is 19.0. The van der Waals surface area contributed by atoms with Crippen LogP contribution in [0.3, 0.4) is 0 Å². The van der Waals surface area contributed by atoms with Crippen LogP contribution in [0.2, 0.25) is 0 Å². The van der Waals surface area contributed by atoms with Gasteiger partial charge in [0.05, 0.1) is 0 Å². The Morgan fingerprint density at radius 3 is 2.68 bits per heavy atom. The number of aryl methyl sites for hydroxylation is 1. The topological polar surface area (TPSA) is 108 Å². The number of thiocarbonyl (C=S) groups is 1. The lowest BCUT2D eigenvalue weighted by molar-refractivity contribution is 0.925. The molecule has 98 valence electrons. The Kier molecular flexibility index (Phi) is 3.48. The van der Waals surface area contributed by atoms with Gasteiger partial charge in [-0.3, -0.25) is 0 Å². The third kappa shape index (κ3) is 2.71. The van der Waals surface area contributed by atoms with E-state index in [9.17, 15) is 0 Å². The van der Waals surface area contributed by atoms with E-state index in [4.69, 9.17) is 29.4 Å². The highest BCUT2D eigenvalue weighted by Crippen LogP contribution is 2.22. The van der Waals surface area contributed by atoms with Gasteiger partial charge < -0.3 is 21.8 Å². The van der Waals surface area contributed by atoms with Crippen molar-refractivity contribution < 1.29 is 0 Å². The Labute approximate surface area is 115 Å². The fourth-order valence-corrected chi connectivity index (χ4v) is 1.84. The van der Waals surface area contributed by atoms with E-state index in [2.05, 4.69) is 9.98 Å². The van der Waals surface area contributed by atoms with Crippen LogP contribution in [-0.2, 0) is 7.05 Å². The molecule has 0 aliphatic rings. The number of amidine groups is 1. The zero-order valence-electron chi connectivity index (χ0n) is 10.4. The van der Waals surface area contributed by atoms with E-state index in [0.717, 1.165) is 11.4 Å². The number of aliphatic imine (C=N–C) groups is 1. The van der Waals surface area contributed by atoms with Gasteiger partial charge in [0.2, 0.25) is 0 Å². The highest BCUT2D eigenvalue weighted by atomic mass is 32.1. The fourth-order valence-electron chi connectivity index (χ4n) is 1.74. The molecule has 0 spiro atoms. The molecule has 0 saturated heterocycles. The van der Waals surface area contributed by atoms with Crippen molar-refractivity contribution in [3.63, 3.8) is 0 Å². The van der Waals surface area contributed by atoms with Crippen molar-refractivity contribution in [2.45, 2.75) is 0 Å². The Balaban J connectivity index is 2.52. The van der Waals surface area contributed by atoms with Crippen LogP contribution >= 0.6 is 12.2 Å². The summed E-state index contributed by atoms with van der Waals surface area (Å²) in [6.07, 6.45) is 3.58. The van der Waals surface area contributed by atoms with Gasteiger partial charge in [0.15, 0.2) is 5.11 Å². The van der Waals surface area contributed by atoms with Crippen LogP contribution in [0.15, 0.2) is 35.6 Å². The third-order valence-corrected chi connectivity index (χ3v) is 2.73. The van der Waals surface area contributed by atoms with E-state index in [-0.39, 0.29) is 10.9 Å². The van der Waals surface area contributed by atoms with Crippen molar-refractivity contribution in [2.75, 3.05) is 5.73 Å². The molecule has 0 atom stereocenters. The molecule has 6 nitrogen and oxygen atoms in total. The normalized spacial score (nSPS) is 11.5. The summed E-state index contributed by atoms with van der Waals surface area (Å²) in [5, 5.41) is -0.0284. The van der Waals surface area contributed by atoms with Crippen LogP contribution in [-0.4, -0.2) is 20.5 Å². The van der Waals surface area contributed by atoms with Gasteiger partial charge in [-0.05, 0) is 30.4 Å². The van der Waals surface area contributed by atoms with Crippen LogP contribution < -0.4 is 17.2 Å². The first-order chi connectivity index (χ1) is 8.99. The minimum atomic E-state index is -0.0284. The third-order valence-electron chi connectivity index (χ3n) is 2.64. The van der Waals surface area contributed by atoms with Crippen LogP contribution in [0, 0.1) is 0 Å². The number of imidazole rings is 1. The van der Waals surface area contributed by atoms with Gasteiger partial charge in [-0.2, -0.15) is 0 Å². The molecule has 0 saturated carbocycles. The van der Waals surface area contributed by atoms with Crippen molar-refractivity contribution in [3.8, 4) is 11.4 Å². The van der Waals surface area contributed by atoms with Gasteiger partial charge in [-0.15, -0.1) is 0 Å².